The van der Waals surface area contributed by atoms with E-state index >= 15 is 0 Å². The third-order valence-corrected chi connectivity index (χ3v) is 10.8. The monoisotopic (exact) mass is 585 g/mol. The van der Waals surface area contributed by atoms with Gasteiger partial charge in [-0.3, -0.25) is 9.69 Å². The average molecular weight is 587 g/mol. The number of amides is 1. The summed E-state index contributed by atoms with van der Waals surface area (Å²) in [6, 6.07) is 16.9. The van der Waals surface area contributed by atoms with Gasteiger partial charge in [-0.1, -0.05) is 53.5 Å². The molecule has 1 aliphatic heterocycles. The summed E-state index contributed by atoms with van der Waals surface area (Å²) >= 11 is 3.63. The van der Waals surface area contributed by atoms with Gasteiger partial charge in [0.2, 0.25) is 0 Å². The van der Waals surface area contributed by atoms with Gasteiger partial charge in [0, 0.05) is 47.1 Å². The van der Waals surface area contributed by atoms with Crippen LogP contribution in [0.1, 0.15) is 74.2 Å². The number of unbranched alkanes of at least 4 members (excludes halogenated alkanes) is 1. The molecule has 5 fully saturated rings. The Hall–Kier alpha value is -2.24. The fourth-order valence-corrected chi connectivity index (χ4v) is 9.11. The molecule has 8 rings (SSSR count). The highest BCUT2D eigenvalue weighted by molar-refractivity contribution is 9.10. The van der Waals surface area contributed by atoms with Crippen LogP contribution in [0.2, 0.25) is 0 Å². The Balaban J connectivity index is 1.13. The number of piperazine rings is 1. The van der Waals surface area contributed by atoms with Crippen LogP contribution in [0, 0.1) is 17.8 Å². The molecule has 1 saturated heterocycles. The van der Waals surface area contributed by atoms with E-state index in [-0.39, 0.29) is 5.91 Å². The van der Waals surface area contributed by atoms with Crippen LogP contribution in [-0.2, 0) is 6.42 Å². The molecule has 39 heavy (non-hydrogen) atoms. The van der Waals surface area contributed by atoms with Crippen molar-refractivity contribution in [3.63, 3.8) is 0 Å². The largest absolute Gasteiger partial charge is 0.336 e. The number of pyridine rings is 1. The Kier molecular flexibility index (Phi) is 6.79. The second-order valence-electron chi connectivity index (χ2n) is 12.9. The van der Waals surface area contributed by atoms with Crippen LogP contribution in [0.5, 0.6) is 0 Å². The van der Waals surface area contributed by atoms with E-state index in [1.54, 1.807) is 0 Å². The Morgan fingerprint density at radius 1 is 0.923 bits per heavy atom. The van der Waals surface area contributed by atoms with Crippen LogP contribution in [0.4, 0.5) is 0 Å². The summed E-state index contributed by atoms with van der Waals surface area (Å²) in [6.45, 7) is 5.89. The lowest BCUT2D eigenvalue weighted by atomic mass is 9.52. The molecular weight excluding hydrogens is 546 g/mol. The molecule has 0 atom stereocenters. The smallest absolute Gasteiger partial charge is 0.254 e. The fourth-order valence-electron chi connectivity index (χ4n) is 8.75. The van der Waals surface area contributed by atoms with E-state index in [0.717, 1.165) is 82.6 Å². The van der Waals surface area contributed by atoms with Crippen LogP contribution in [0.3, 0.4) is 0 Å². The van der Waals surface area contributed by atoms with Gasteiger partial charge in [-0.15, -0.1) is 0 Å². The summed E-state index contributed by atoms with van der Waals surface area (Å²) in [5.41, 5.74) is 5.38. The van der Waals surface area contributed by atoms with E-state index < -0.39 is 0 Å². The molecule has 4 nitrogen and oxygen atoms in total. The van der Waals surface area contributed by atoms with Crippen LogP contribution in [0.15, 0.2) is 53.0 Å². The van der Waals surface area contributed by atoms with Crippen molar-refractivity contribution in [1.29, 1.82) is 0 Å². The molecule has 0 spiro atoms. The molecule has 2 heterocycles. The third-order valence-electron chi connectivity index (χ3n) is 10.3. The van der Waals surface area contributed by atoms with Crippen LogP contribution in [-0.4, -0.2) is 52.4 Å². The molecule has 0 N–H and O–H groups in total. The summed E-state index contributed by atoms with van der Waals surface area (Å²) in [7, 11) is 0. The summed E-state index contributed by atoms with van der Waals surface area (Å²) in [5, 5.41) is 0.932. The van der Waals surface area contributed by atoms with E-state index in [0.29, 0.717) is 5.54 Å². The number of hydrogen-bond donors (Lipinski definition) is 0. The molecule has 5 heteroatoms. The van der Waals surface area contributed by atoms with E-state index in [2.05, 4.69) is 63.0 Å². The number of carbonyl (C=O) groups excluding carboxylic acids is 1. The maximum atomic E-state index is 14.1. The number of halogens is 1. The first-order chi connectivity index (χ1) is 19.0. The molecule has 0 unspecified atom stereocenters. The Labute approximate surface area is 241 Å². The standard InChI is InChI=1S/C34H40BrN3O/c1-2-3-4-23-5-7-27(8-6-23)32-19-30(29-18-28(35)9-10-31(29)36-32)33(39)37-11-13-38(14-12-37)34-20-24-15-25(21-34)17-26(16-24)22-34/h5-10,18-19,24-26H,2-4,11-17,20-22H2,1H3. The topological polar surface area (TPSA) is 36.4 Å². The molecule has 1 aromatic heterocycles. The number of aryl methyl sites for hydroxylation is 1. The predicted octanol–water partition coefficient (Wildman–Crippen LogP) is 7.73. The summed E-state index contributed by atoms with van der Waals surface area (Å²) in [5.74, 6) is 3.01. The second-order valence-corrected chi connectivity index (χ2v) is 13.9. The van der Waals surface area contributed by atoms with Gasteiger partial charge in [0.15, 0.2) is 0 Å². The average Bonchev–Trinajstić information content (AvgIpc) is 2.95. The number of rotatable bonds is 6. The highest BCUT2D eigenvalue weighted by Gasteiger charge is 2.53. The van der Waals surface area contributed by atoms with E-state index in [1.807, 2.05) is 18.2 Å². The molecular formula is C34H40BrN3O. The maximum absolute atomic E-state index is 14.1. The highest BCUT2D eigenvalue weighted by Crippen LogP contribution is 2.57. The van der Waals surface area contributed by atoms with Crippen LogP contribution >= 0.6 is 15.9 Å². The molecule has 1 amide bonds. The number of aromatic nitrogens is 1. The lowest BCUT2D eigenvalue weighted by Gasteiger charge is -2.61. The van der Waals surface area contributed by atoms with E-state index in [1.165, 1.54) is 56.9 Å². The Morgan fingerprint density at radius 2 is 1.59 bits per heavy atom. The first-order valence-electron chi connectivity index (χ1n) is 15.2. The molecule has 4 aliphatic carbocycles. The third kappa shape index (κ3) is 4.84. The minimum absolute atomic E-state index is 0.145. The van der Waals surface area contributed by atoms with Gasteiger partial charge in [0.1, 0.15) is 0 Å². The minimum atomic E-state index is 0.145. The summed E-state index contributed by atoms with van der Waals surface area (Å²) < 4.78 is 0.977. The number of nitrogens with zero attached hydrogens (tertiary/aromatic N) is 3. The van der Waals surface area contributed by atoms with Gasteiger partial charge < -0.3 is 4.90 Å². The van der Waals surface area contributed by atoms with E-state index in [4.69, 9.17) is 4.98 Å². The Bertz CT molecular complexity index is 1340. The van der Waals surface area contributed by atoms with Crippen molar-refractivity contribution in [2.75, 3.05) is 26.2 Å². The van der Waals surface area contributed by atoms with Crippen molar-refractivity contribution in [3.8, 4) is 11.3 Å². The fraction of sp³-hybridized carbons (Fsp3) is 0.529. The van der Waals surface area contributed by atoms with E-state index in [9.17, 15) is 4.79 Å². The molecule has 4 bridgehead atoms. The molecule has 0 radical (unpaired) electrons. The quantitative estimate of drug-likeness (QED) is 0.297. The first kappa shape index (κ1) is 25.7. The van der Waals surface area contributed by atoms with Crippen molar-refractivity contribution in [3.05, 3.63) is 64.1 Å². The van der Waals surface area contributed by atoms with Crippen LogP contribution in [0.25, 0.3) is 22.2 Å². The van der Waals surface area contributed by atoms with Crippen molar-refractivity contribution in [2.24, 2.45) is 17.8 Å². The number of carbonyl (C=O) groups is 1. The number of hydrogen-bond acceptors (Lipinski definition) is 3. The lowest BCUT2D eigenvalue weighted by Crippen LogP contribution is -2.64. The number of benzene rings is 2. The number of fused-ring (bicyclic) bond motifs is 1. The summed E-state index contributed by atoms with van der Waals surface area (Å²) in [6.07, 6.45) is 12.1. The van der Waals surface area contributed by atoms with Gasteiger partial charge >= 0.3 is 0 Å². The molecule has 5 aliphatic rings. The Morgan fingerprint density at radius 3 is 2.23 bits per heavy atom. The zero-order chi connectivity index (χ0) is 26.6. The van der Waals surface area contributed by atoms with Crippen molar-refractivity contribution in [1.82, 2.24) is 14.8 Å². The van der Waals surface area contributed by atoms with Gasteiger partial charge in [-0.05, 0) is 98.9 Å². The van der Waals surface area contributed by atoms with Gasteiger partial charge in [-0.25, -0.2) is 4.98 Å². The predicted molar refractivity (Wildman–Crippen MR) is 162 cm³/mol. The van der Waals surface area contributed by atoms with Crippen molar-refractivity contribution < 1.29 is 4.79 Å². The second kappa shape index (κ2) is 10.3. The molecule has 4 saturated carbocycles. The van der Waals surface area contributed by atoms with Gasteiger partial charge in [0.05, 0.1) is 16.8 Å². The van der Waals surface area contributed by atoms with Crippen molar-refractivity contribution >= 4 is 32.7 Å². The normalized spacial score (nSPS) is 28.4. The molecule has 2 aromatic carbocycles. The maximum Gasteiger partial charge on any atom is 0.254 e. The SMILES string of the molecule is CCCCc1ccc(-c2cc(C(=O)N3CCN(C45CC6CC(CC(C6)C4)C5)CC3)c3cc(Br)ccc3n2)cc1. The summed E-state index contributed by atoms with van der Waals surface area (Å²) in [4.78, 5) is 24.0. The van der Waals surface area contributed by atoms with Crippen LogP contribution < -0.4 is 0 Å². The van der Waals surface area contributed by atoms with Gasteiger partial charge in [0.25, 0.3) is 5.91 Å². The first-order valence-corrected chi connectivity index (χ1v) is 16.0. The lowest BCUT2D eigenvalue weighted by molar-refractivity contribution is -0.0987. The zero-order valence-electron chi connectivity index (χ0n) is 23.2. The molecule has 204 valence electrons. The minimum Gasteiger partial charge on any atom is -0.336 e. The highest BCUT2D eigenvalue weighted by atomic mass is 79.9. The van der Waals surface area contributed by atoms with Crippen molar-refractivity contribution in [2.45, 2.75) is 70.3 Å². The zero-order valence-corrected chi connectivity index (χ0v) is 24.8. The van der Waals surface area contributed by atoms with Gasteiger partial charge in [-0.2, -0.15) is 0 Å². The molecule has 3 aromatic rings.